The van der Waals surface area contributed by atoms with Gasteiger partial charge in [-0.1, -0.05) is 20.8 Å². The van der Waals surface area contributed by atoms with Crippen molar-refractivity contribution < 1.29 is 0 Å². The smallest absolute Gasteiger partial charge is 0.191 e. The Morgan fingerprint density at radius 1 is 1.42 bits per heavy atom. The molecule has 24 heavy (non-hydrogen) atoms. The highest BCUT2D eigenvalue weighted by atomic mass is 32.1. The molecule has 0 aromatic carbocycles. The zero-order valence-corrected chi connectivity index (χ0v) is 16.5. The van der Waals surface area contributed by atoms with Crippen LogP contribution in [0.5, 0.6) is 0 Å². The van der Waals surface area contributed by atoms with Crippen molar-refractivity contribution >= 4 is 17.3 Å². The number of guanidine groups is 1. The minimum Gasteiger partial charge on any atom is -0.357 e. The molecule has 1 fully saturated rings. The largest absolute Gasteiger partial charge is 0.357 e. The third kappa shape index (κ3) is 6.06. The van der Waals surface area contributed by atoms with Gasteiger partial charge in [-0.2, -0.15) is 0 Å². The van der Waals surface area contributed by atoms with Gasteiger partial charge in [0, 0.05) is 25.0 Å². The number of nitrogens with one attached hydrogen (secondary N) is 2. The van der Waals surface area contributed by atoms with Gasteiger partial charge in [-0.15, -0.1) is 11.3 Å². The summed E-state index contributed by atoms with van der Waals surface area (Å²) in [7, 11) is 0. The Morgan fingerprint density at radius 3 is 2.92 bits per heavy atom. The number of likely N-dealkylation sites (tertiary alicyclic amines) is 1. The Morgan fingerprint density at radius 2 is 2.25 bits per heavy atom. The minimum absolute atomic E-state index is 0.484. The first kappa shape index (κ1) is 19.2. The molecule has 0 amide bonds. The van der Waals surface area contributed by atoms with E-state index in [0.29, 0.717) is 12.5 Å². The summed E-state index contributed by atoms with van der Waals surface area (Å²) >= 11 is 1.71. The molecule has 0 spiro atoms. The fourth-order valence-electron chi connectivity index (χ4n) is 3.00. The highest BCUT2D eigenvalue weighted by molar-refractivity contribution is 7.09. The molecule has 136 valence electrons. The lowest BCUT2D eigenvalue weighted by Gasteiger charge is -2.32. The monoisotopic (exact) mass is 351 g/mol. The summed E-state index contributed by atoms with van der Waals surface area (Å²) in [5.74, 6) is 2.11. The number of nitrogens with zero attached hydrogens (tertiary/aromatic N) is 3. The van der Waals surface area contributed by atoms with Crippen molar-refractivity contribution in [3.8, 4) is 0 Å². The van der Waals surface area contributed by atoms with Crippen molar-refractivity contribution in [3.05, 3.63) is 16.1 Å². The lowest BCUT2D eigenvalue weighted by molar-refractivity contribution is 0.183. The van der Waals surface area contributed by atoms with E-state index in [4.69, 9.17) is 4.99 Å². The third-order valence-electron chi connectivity index (χ3n) is 4.49. The zero-order valence-electron chi connectivity index (χ0n) is 15.6. The van der Waals surface area contributed by atoms with Crippen LogP contribution in [0.3, 0.4) is 0 Å². The third-order valence-corrected chi connectivity index (χ3v) is 5.34. The minimum atomic E-state index is 0.484. The maximum atomic E-state index is 4.71. The maximum absolute atomic E-state index is 4.71. The molecule has 0 radical (unpaired) electrons. The Hall–Kier alpha value is -1.14. The SMILES string of the molecule is CCNC(=NCc1nc(C(C)C)cs1)NCC1CCCN(CC)C1. The van der Waals surface area contributed by atoms with Gasteiger partial charge in [0.1, 0.15) is 5.01 Å². The van der Waals surface area contributed by atoms with E-state index < -0.39 is 0 Å². The first-order valence-corrected chi connectivity index (χ1v) is 10.2. The molecule has 1 aromatic heterocycles. The quantitative estimate of drug-likeness (QED) is 0.586. The molecule has 1 aliphatic heterocycles. The summed E-state index contributed by atoms with van der Waals surface area (Å²) in [4.78, 5) is 11.9. The summed E-state index contributed by atoms with van der Waals surface area (Å²) in [5, 5.41) is 10.1. The van der Waals surface area contributed by atoms with Crippen LogP contribution in [0.25, 0.3) is 0 Å². The number of aliphatic imine (C=N–C) groups is 1. The Balaban J connectivity index is 1.85. The highest BCUT2D eigenvalue weighted by Crippen LogP contribution is 2.18. The first-order valence-electron chi connectivity index (χ1n) is 9.31. The van der Waals surface area contributed by atoms with E-state index in [1.807, 2.05) is 0 Å². The molecule has 0 aliphatic carbocycles. The van der Waals surface area contributed by atoms with Gasteiger partial charge >= 0.3 is 0 Å². The number of hydrogen-bond acceptors (Lipinski definition) is 4. The zero-order chi connectivity index (χ0) is 17.4. The van der Waals surface area contributed by atoms with Gasteiger partial charge in [0.05, 0.1) is 12.2 Å². The normalized spacial score (nSPS) is 19.7. The molecule has 5 nitrogen and oxygen atoms in total. The molecule has 0 saturated carbocycles. The van der Waals surface area contributed by atoms with Crippen LogP contribution in [0, 0.1) is 5.92 Å². The molecule has 1 atom stereocenters. The molecule has 1 saturated heterocycles. The lowest BCUT2D eigenvalue weighted by Crippen LogP contribution is -2.44. The second kappa shape index (κ2) is 9.99. The summed E-state index contributed by atoms with van der Waals surface area (Å²) in [6.07, 6.45) is 2.62. The molecular weight excluding hydrogens is 318 g/mol. The molecule has 2 heterocycles. The predicted molar refractivity (Wildman–Crippen MR) is 104 cm³/mol. The van der Waals surface area contributed by atoms with Gasteiger partial charge in [0.25, 0.3) is 0 Å². The highest BCUT2D eigenvalue weighted by Gasteiger charge is 2.18. The number of rotatable bonds is 7. The van der Waals surface area contributed by atoms with Gasteiger partial charge in [0.2, 0.25) is 0 Å². The van der Waals surface area contributed by atoms with Crippen LogP contribution >= 0.6 is 11.3 Å². The average Bonchev–Trinajstić information content (AvgIpc) is 3.07. The van der Waals surface area contributed by atoms with Gasteiger partial charge in [-0.25, -0.2) is 9.98 Å². The van der Waals surface area contributed by atoms with Gasteiger partial charge in [-0.05, 0) is 44.7 Å². The van der Waals surface area contributed by atoms with Crippen molar-refractivity contribution in [1.82, 2.24) is 20.5 Å². The molecule has 2 rings (SSSR count). The Labute approximate surface area is 151 Å². The molecule has 0 bridgehead atoms. The fraction of sp³-hybridized carbons (Fsp3) is 0.778. The van der Waals surface area contributed by atoms with Crippen molar-refractivity contribution in [2.45, 2.75) is 53.0 Å². The van der Waals surface area contributed by atoms with Crippen LogP contribution in [0.4, 0.5) is 0 Å². The van der Waals surface area contributed by atoms with E-state index >= 15 is 0 Å². The summed E-state index contributed by atoms with van der Waals surface area (Å²) in [6.45, 7) is 14.9. The predicted octanol–water partition coefficient (Wildman–Crippen LogP) is 3.05. The topological polar surface area (TPSA) is 52.6 Å². The maximum Gasteiger partial charge on any atom is 0.191 e. The van der Waals surface area contributed by atoms with E-state index in [1.165, 1.54) is 31.6 Å². The van der Waals surface area contributed by atoms with Crippen LogP contribution in [0.2, 0.25) is 0 Å². The number of hydrogen-bond donors (Lipinski definition) is 2. The van der Waals surface area contributed by atoms with E-state index in [-0.39, 0.29) is 0 Å². The standard InChI is InChI=1S/C18H33N5S/c1-5-19-18(20-10-15-8-7-9-23(6-2)12-15)21-11-17-22-16(13-24-17)14(3)4/h13-15H,5-12H2,1-4H3,(H2,19,20,21). The average molecular weight is 352 g/mol. The van der Waals surface area contributed by atoms with Gasteiger partial charge in [0.15, 0.2) is 5.96 Å². The van der Waals surface area contributed by atoms with Crippen LogP contribution in [0.15, 0.2) is 10.4 Å². The molecule has 1 aromatic rings. The van der Waals surface area contributed by atoms with E-state index in [2.05, 4.69) is 53.6 Å². The second-order valence-corrected chi connectivity index (χ2v) is 7.74. The molecule has 1 unspecified atom stereocenters. The van der Waals surface area contributed by atoms with Crippen molar-refractivity contribution in [2.75, 3.05) is 32.7 Å². The number of thiazole rings is 1. The van der Waals surface area contributed by atoms with Crippen molar-refractivity contribution in [1.29, 1.82) is 0 Å². The van der Waals surface area contributed by atoms with Crippen LogP contribution in [-0.2, 0) is 6.54 Å². The molecule has 6 heteroatoms. The summed E-state index contributed by atoms with van der Waals surface area (Å²) < 4.78 is 0. The van der Waals surface area contributed by atoms with E-state index in [0.717, 1.165) is 36.5 Å². The fourth-order valence-corrected chi connectivity index (χ4v) is 3.88. The summed E-state index contributed by atoms with van der Waals surface area (Å²) in [5.41, 5.74) is 1.17. The first-order chi connectivity index (χ1) is 11.6. The summed E-state index contributed by atoms with van der Waals surface area (Å²) in [6, 6.07) is 0. The molecular formula is C18H33N5S. The van der Waals surface area contributed by atoms with Gasteiger partial charge < -0.3 is 15.5 Å². The van der Waals surface area contributed by atoms with Crippen molar-refractivity contribution in [3.63, 3.8) is 0 Å². The Bertz CT molecular complexity index is 511. The number of aromatic nitrogens is 1. The Kier molecular flexibility index (Phi) is 7.99. The molecule has 1 aliphatic rings. The van der Waals surface area contributed by atoms with E-state index in [1.54, 1.807) is 11.3 Å². The van der Waals surface area contributed by atoms with Gasteiger partial charge in [-0.3, -0.25) is 0 Å². The molecule has 2 N–H and O–H groups in total. The number of piperidine rings is 1. The second-order valence-electron chi connectivity index (χ2n) is 6.80. The van der Waals surface area contributed by atoms with Crippen LogP contribution in [-0.4, -0.2) is 48.6 Å². The lowest BCUT2D eigenvalue weighted by atomic mass is 9.98. The van der Waals surface area contributed by atoms with Crippen LogP contribution < -0.4 is 10.6 Å². The van der Waals surface area contributed by atoms with Crippen molar-refractivity contribution in [2.24, 2.45) is 10.9 Å². The van der Waals surface area contributed by atoms with Crippen LogP contribution in [0.1, 0.15) is 57.2 Å². The van der Waals surface area contributed by atoms with E-state index in [9.17, 15) is 0 Å².